The number of halogens is 1. The number of urea groups is 1. The molecule has 53 heavy (non-hydrogen) atoms. The summed E-state index contributed by atoms with van der Waals surface area (Å²) in [5.74, 6) is 3.40. The molecule has 0 aliphatic heterocycles. The van der Waals surface area contributed by atoms with Gasteiger partial charge >= 0.3 is 338 Å². The second-order valence-electron chi connectivity index (χ2n) is 14.5. The molecule has 0 N–H and O–H groups in total. The Morgan fingerprint density at radius 1 is 0.717 bits per heavy atom. The maximum absolute atomic E-state index is 15.4. The van der Waals surface area contributed by atoms with Crippen molar-refractivity contribution in [3.8, 4) is 9.86 Å². The molecule has 0 aromatic heterocycles. The molecule has 0 radical (unpaired) electrons. The molecule has 1 aliphatic rings. The van der Waals surface area contributed by atoms with Crippen LogP contribution in [0.15, 0.2) is 88.7 Å². The molecule has 0 bridgehead atoms. The number of hydrogen-bond donors (Lipinski definition) is 0. The number of unbranched alkanes of at least 4 members (excludes halogenated alkanes) is 3. The summed E-state index contributed by atoms with van der Waals surface area (Å²) in [6, 6.07) is 19.9. The molecule has 7 nitrogen and oxygen atoms in total. The fraction of sp³-hybridized carbons (Fsp3) is 0.500. The van der Waals surface area contributed by atoms with E-state index in [1.54, 1.807) is 36.4 Å². The number of hydrogen-bond acceptors (Lipinski definition) is 5. The molecule has 1 fully saturated rings. The number of nitrogens with zero attached hydrogens (tertiary/aromatic N) is 2. The van der Waals surface area contributed by atoms with E-state index in [0.717, 1.165) is 102 Å². The Hall–Kier alpha value is -2.08. The Balaban J connectivity index is 2.01. The van der Waals surface area contributed by atoms with E-state index >= 15 is 13.2 Å². The second kappa shape index (κ2) is 20.7. The summed E-state index contributed by atoms with van der Waals surface area (Å²) in [6.45, 7) is 10.4. The molecule has 3 aromatic carbocycles. The van der Waals surface area contributed by atoms with Gasteiger partial charge in [-0.05, 0) is 0 Å². The van der Waals surface area contributed by atoms with Gasteiger partial charge in [-0.2, -0.15) is 0 Å². The van der Waals surface area contributed by atoms with Crippen molar-refractivity contribution in [3.05, 3.63) is 93.6 Å². The molecule has 0 heterocycles. The SMILES string of the molecule is CCC[CH2][Sn]([C]#CC(C1CCCCC1)N(C(=O)N([I+]c1ccccc1)S(=O)(=O)c1ccc(C)cc1)S(=O)(=O)c1ccc(C)cc1)([CH2]CCC)[CH2]CCC. The van der Waals surface area contributed by atoms with Crippen molar-refractivity contribution in [2.45, 2.75) is 134 Å². The van der Waals surface area contributed by atoms with Crippen molar-refractivity contribution in [2.24, 2.45) is 5.92 Å². The van der Waals surface area contributed by atoms with Crippen molar-refractivity contribution in [2.75, 3.05) is 0 Å². The number of sulfonamides is 2. The first-order chi connectivity index (χ1) is 25.4. The van der Waals surface area contributed by atoms with E-state index in [0.29, 0.717) is 3.57 Å². The van der Waals surface area contributed by atoms with Crippen LogP contribution < -0.4 is 21.5 Å². The van der Waals surface area contributed by atoms with E-state index < -0.39 is 72.0 Å². The first kappa shape index (κ1) is 43.6. The quantitative estimate of drug-likeness (QED) is 0.0613. The van der Waals surface area contributed by atoms with Crippen LogP contribution in [0.1, 0.15) is 103 Å². The predicted molar refractivity (Wildman–Crippen MR) is 214 cm³/mol. The first-order valence-electron chi connectivity index (χ1n) is 19.4. The minimum atomic E-state index is -4.55. The average Bonchev–Trinajstić information content (AvgIpc) is 3.16. The number of aryl methyl sites for hydroxylation is 2. The molecule has 11 heteroatoms. The Bertz CT molecular complexity index is 1870. The van der Waals surface area contributed by atoms with Gasteiger partial charge in [0.25, 0.3) is 0 Å². The van der Waals surface area contributed by atoms with Gasteiger partial charge in [-0.1, -0.05) is 0 Å². The van der Waals surface area contributed by atoms with Crippen LogP contribution in [0, 0.1) is 33.2 Å². The van der Waals surface area contributed by atoms with E-state index in [1.165, 1.54) is 24.3 Å². The zero-order valence-electron chi connectivity index (χ0n) is 32.2. The molecule has 2 amide bonds. The fourth-order valence-electron chi connectivity index (χ4n) is 6.97. The molecule has 0 saturated heterocycles. The number of carbonyl (C=O) groups excluding carboxylic acids is 1. The zero-order chi connectivity index (χ0) is 38.5. The van der Waals surface area contributed by atoms with Crippen LogP contribution in [0.5, 0.6) is 0 Å². The molecule has 4 rings (SSSR count). The van der Waals surface area contributed by atoms with Gasteiger partial charge in [0, 0.05) is 0 Å². The molecule has 1 aliphatic carbocycles. The zero-order valence-corrected chi connectivity index (χ0v) is 38.8. The number of benzene rings is 3. The molecule has 0 spiro atoms. The fourth-order valence-corrected chi connectivity index (χ4v) is 26.7. The Labute approximate surface area is 335 Å². The summed E-state index contributed by atoms with van der Waals surface area (Å²) in [4.78, 5) is 15.3. The summed E-state index contributed by atoms with van der Waals surface area (Å²) >= 11 is -4.89. The molecule has 288 valence electrons. The molecule has 1 atom stereocenters. The van der Waals surface area contributed by atoms with E-state index in [1.807, 2.05) is 32.0 Å². The van der Waals surface area contributed by atoms with Crippen LogP contribution in [-0.4, -0.2) is 54.1 Å². The standard InChI is InChI=1S/C30H31IN2O5S2.3C4H9.Sn/c1-4-29(25-11-7-5-8-12-25)32(39(35,36)27-19-15-23(2)16-20-27)30(34)33(31-26-13-9-6-10-14-26)40(37,38)28-21-17-24(3)18-22-28;3*1-3-4-2;/h6,9-10,13-22,25,29H,5,7-8,11-12H2,2-3H3;3*1,3-4H2,2H3;/q+1;;;;. The van der Waals surface area contributed by atoms with E-state index in [9.17, 15) is 8.42 Å². The third kappa shape index (κ3) is 11.7. The Kier molecular flexibility index (Phi) is 17.1. The van der Waals surface area contributed by atoms with Crippen LogP contribution in [0.3, 0.4) is 0 Å². The summed E-state index contributed by atoms with van der Waals surface area (Å²) in [6.07, 6.45) is 10.8. The van der Waals surface area contributed by atoms with Gasteiger partial charge in [0.05, 0.1) is 0 Å². The molecular formula is C42H58IN2O5S2Sn+. The molecule has 3 aromatic rings. The van der Waals surface area contributed by atoms with Crippen LogP contribution >= 0.6 is 0 Å². The van der Waals surface area contributed by atoms with Crippen molar-refractivity contribution in [1.29, 1.82) is 0 Å². The van der Waals surface area contributed by atoms with Gasteiger partial charge < -0.3 is 0 Å². The Morgan fingerprint density at radius 2 is 1.19 bits per heavy atom. The van der Waals surface area contributed by atoms with Crippen molar-refractivity contribution < 1.29 is 43.1 Å². The average molecular weight is 981 g/mol. The summed E-state index contributed by atoms with van der Waals surface area (Å²) in [5, 5.41) is 0. The maximum atomic E-state index is 15.4. The van der Waals surface area contributed by atoms with Crippen LogP contribution in [-0.2, 0) is 20.0 Å². The van der Waals surface area contributed by atoms with Crippen molar-refractivity contribution in [1.82, 2.24) is 6.82 Å². The topological polar surface area (TPSA) is 91.8 Å². The van der Waals surface area contributed by atoms with E-state index in [4.69, 9.17) is 0 Å². The van der Waals surface area contributed by atoms with Gasteiger partial charge in [0.2, 0.25) is 0 Å². The van der Waals surface area contributed by atoms with E-state index in [-0.39, 0.29) is 15.7 Å². The van der Waals surface area contributed by atoms with Crippen LogP contribution in [0.4, 0.5) is 4.79 Å². The van der Waals surface area contributed by atoms with Gasteiger partial charge in [-0.3, -0.25) is 0 Å². The normalized spacial score (nSPS) is 14.6. The monoisotopic (exact) mass is 981 g/mol. The van der Waals surface area contributed by atoms with E-state index in [2.05, 4.69) is 30.6 Å². The first-order valence-corrected chi connectivity index (χ1v) is 31.8. The number of amides is 2. The van der Waals surface area contributed by atoms with Crippen LogP contribution in [0.2, 0.25) is 13.3 Å². The van der Waals surface area contributed by atoms with Gasteiger partial charge in [-0.15, -0.1) is 0 Å². The van der Waals surface area contributed by atoms with Gasteiger partial charge in [0.1, 0.15) is 0 Å². The third-order valence-corrected chi connectivity index (χ3v) is 30.7. The van der Waals surface area contributed by atoms with Gasteiger partial charge in [-0.25, -0.2) is 0 Å². The van der Waals surface area contributed by atoms with Crippen molar-refractivity contribution >= 4 is 44.5 Å². The molecular weight excluding hydrogens is 922 g/mol. The number of carbonyl (C=O) groups is 1. The summed E-state index contributed by atoms with van der Waals surface area (Å²) in [5.41, 5.74) is 1.75. The van der Waals surface area contributed by atoms with Crippen LogP contribution in [0.25, 0.3) is 0 Å². The Morgan fingerprint density at radius 3 is 1.66 bits per heavy atom. The molecule has 1 unspecified atom stereocenters. The van der Waals surface area contributed by atoms with Crippen molar-refractivity contribution in [3.63, 3.8) is 0 Å². The second-order valence-corrected chi connectivity index (χ2v) is 33.8. The summed E-state index contributed by atoms with van der Waals surface area (Å²) < 4.78 is 69.3. The third-order valence-electron chi connectivity index (χ3n) is 10.2. The van der Waals surface area contributed by atoms with Gasteiger partial charge in [0.15, 0.2) is 0 Å². The predicted octanol–water partition coefficient (Wildman–Crippen LogP) is 7.32. The minimum absolute atomic E-state index is 0.0395. The molecule has 1 saturated carbocycles. The summed E-state index contributed by atoms with van der Waals surface area (Å²) in [7, 11) is -9.02. The number of rotatable bonds is 17.